The van der Waals surface area contributed by atoms with Gasteiger partial charge in [0.1, 0.15) is 33.6 Å². The van der Waals surface area contributed by atoms with E-state index in [2.05, 4.69) is 33.8 Å². The molecule has 0 saturated carbocycles. The highest BCUT2D eigenvalue weighted by atomic mass is 16.7. The molecule has 0 fully saturated rings. The third-order valence-corrected chi connectivity index (χ3v) is 3.99. The quantitative estimate of drug-likeness (QED) is 0.448. The molecule has 4 aromatic rings. The third kappa shape index (κ3) is 3.64. The number of benzene rings is 2. The Morgan fingerprint density at radius 1 is 0.741 bits per heavy atom. The molecule has 2 aromatic heterocycles. The molecule has 0 amide bonds. The Labute approximate surface area is 155 Å². The van der Waals surface area contributed by atoms with E-state index in [-0.39, 0.29) is 0 Å². The average Bonchev–Trinajstić information content (AvgIpc) is 3.27. The van der Waals surface area contributed by atoms with Crippen molar-refractivity contribution >= 4 is 22.1 Å². The molecule has 2 aromatic carbocycles. The van der Waals surface area contributed by atoms with Crippen LogP contribution in [0.1, 0.15) is 19.3 Å². The van der Waals surface area contributed by atoms with Gasteiger partial charge in [-0.15, -0.1) is 10.2 Å². The van der Waals surface area contributed by atoms with Crippen molar-refractivity contribution in [3.8, 4) is 0 Å². The zero-order valence-electron chi connectivity index (χ0n) is 14.7. The number of nitrogens with zero attached hydrogens (tertiary/aromatic N) is 6. The van der Waals surface area contributed by atoms with Crippen LogP contribution in [0.15, 0.2) is 73.2 Å². The van der Waals surface area contributed by atoms with Crippen LogP contribution in [0.3, 0.4) is 0 Å². The molecule has 0 atom stereocenters. The second-order valence-electron chi connectivity index (χ2n) is 6.02. The molecule has 0 aliphatic rings. The van der Waals surface area contributed by atoms with Crippen molar-refractivity contribution in [2.24, 2.45) is 0 Å². The normalized spacial score (nSPS) is 11.0. The molecule has 0 N–H and O–H groups in total. The topological polar surface area (TPSA) is 79.9 Å². The van der Waals surface area contributed by atoms with E-state index in [1.165, 1.54) is 9.69 Å². The molecule has 27 heavy (non-hydrogen) atoms. The number of fused-ring (bicyclic) bond motifs is 2. The fourth-order valence-corrected chi connectivity index (χ4v) is 2.65. The van der Waals surface area contributed by atoms with E-state index in [4.69, 9.17) is 9.68 Å². The first-order valence-electron chi connectivity index (χ1n) is 8.54. The zero-order valence-corrected chi connectivity index (χ0v) is 14.7. The van der Waals surface area contributed by atoms with Crippen molar-refractivity contribution < 1.29 is 9.68 Å². The van der Waals surface area contributed by atoms with E-state index in [1.54, 1.807) is 0 Å². The maximum Gasteiger partial charge on any atom is 0.131 e. The fourth-order valence-electron chi connectivity index (χ4n) is 2.65. The van der Waals surface area contributed by atoms with Gasteiger partial charge in [-0.25, -0.2) is 0 Å². The van der Waals surface area contributed by atoms with E-state index in [9.17, 15) is 0 Å². The number of allylic oxidation sites excluding steroid dienone is 2. The molecule has 0 radical (unpaired) electrons. The number of hydrogen-bond acceptors (Lipinski definition) is 6. The Morgan fingerprint density at radius 3 is 1.67 bits per heavy atom. The van der Waals surface area contributed by atoms with E-state index in [0.29, 0.717) is 24.4 Å². The molecule has 0 bridgehead atoms. The second-order valence-corrected chi connectivity index (χ2v) is 6.02. The van der Waals surface area contributed by atoms with Crippen molar-refractivity contribution in [2.75, 3.05) is 0 Å². The van der Waals surface area contributed by atoms with Gasteiger partial charge in [0, 0.05) is 12.8 Å². The van der Waals surface area contributed by atoms with Gasteiger partial charge in [0.2, 0.25) is 0 Å². The highest BCUT2D eigenvalue weighted by Gasteiger charge is 2.08. The van der Waals surface area contributed by atoms with Crippen molar-refractivity contribution in [1.82, 2.24) is 30.3 Å². The van der Waals surface area contributed by atoms with Gasteiger partial charge in [-0.05, 0) is 41.1 Å². The lowest BCUT2D eigenvalue weighted by Crippen LogP contribution is -2.13. The molecule has 0 aliphatic heterocycles. The molecule has 0 aliphatic carbocycles. The van der Waals surface area contributed by atoms with Crippen LogP contribution in [0.25, 0.3) is 22.1 Å². The molecule has 0 unspecified atom stereocenters. The summed E-state index contributed by atoms with van der Waals surface area (Å²) in [6.07, 6.45) is 2.03. The van der Waals surface area contributed by atoms with E-state index < -0.39 is 0 Å². The van der Waals surface area contributed by atoms with E-state index in [0.717, 1.165) is 28.5 Å². The summed E-state index contributed by atoms with van der Waals surface area (Å²) in [6, 6.07) is 15.1. The summed E-state index contributed by atoms with van der Waals surface area (Å²) in [4.78, 5) is 14.1. The number of para-hydroxylation sites is 2. The second kappa shape index (κ2) is 7.28. The smallest absolute Gasteiger partial charge is 0.131 e. The maximum absolute atomic E-state index is 5.66. The van der Waals surface area contributed by atoms with Gasteiger partial charge in [-0.2, -0.15) is 0 Å². The van der Waals surface area contributed by atoms with Crippen molar-refractivity contribution in [3.63, 3.8) is 0 Å². The van der Waals surface area contributed by atoms with Crippen LogP contribution in [-0.4, -0.2) is 30.3 Å². The minimum Gasteiger partial charge on any atom is -0.361 e. The first kappa shape index (κ1) is 16.8. The molecule has 8 heteroatoms. The molecule has 8 nitrogen and oxygen atoms in total. The highest BCUT2D eigenvalue weighted by Crippen LogP contribution is 2.14. The predicted molar refractivity (Wildman–Crippen MR) is 100 cm³/mol. The minimum atomic E-state index is 0.588. The lowest BCUT2D eigenvalue weighted by molar-refractivity contribution is 0.136. The summed E-state index contributed by atoms with van der Waals surface area (Å²) in [5.74, 6) is 1.18. The summed E-state index contributed by atoms with van der Waals surface area (Å²) in [5, 5.41) is 16.0. The molecule has 136 valence electrons. The van der Waals surface area contributed by atoms with Gasteiger partial charge < -0.3 is 9.68 Å². The number of rotatable bonds is 8. The molecule has 4 rings (SSSR count). The van der Waals surface area contributed by atoms with Gasteiger partial charge in [0.05, 0.1) is 0 Å². The summed E-state index contributed by atoms with van der Waals surface area (Å²) < 4.78 is 0. The Balaban J connectivity index is 1.28. The van der Waals surface area contributed by atoms with Crippen LogP contribution in [0.4, 0.5) is 0 Å². The summed E-state index contributed by atoms with van der Waals surface area (Å²) in [7, 11) is 0. The van der Waals surface area contributed by atoms with Crippen LogP contribution >= 0.6 is 0 Å². The van der Waals surface area contributed by atoms with Crippen LogP contribution < -0.4 is 9.68 Å². The largest absolute Gasteiger partial charge is 0.361 e. The molecule has 2 heterocycles. The Bertz CT molecular complexity index is 1030. The monoisotopic (exact) mass is 362 g/mol. The summed E-state index contributed by atoms with van der Waals surface area (Å²) >= 11 is 0. The zero-order chi connectivity index (χ0) is 18.6. The van der Waals surface area contributed by atoms with Crippen LogP contribution in [0, 0.1) is 0 Å². The number of hydrogen-bond donors (Lipinski definition) is 0. The first-order chi connectivity index (χ1) is 13.2. The summed E-state index contributed by atoms with van der Waals surface area (Å²) in [6.45, 7) is 7.88. The van der Waals surface area contributed by atoms with Crippen LogP contribution in [0.5, 0.6) is 0 Å². The van der Waals surface area contributed by atoms with E-state index in [1.807, 2.05) is 48.5 Å². The van der Waals surface area contributed by atoms with Gasteiger partial charge in [0.25, 0.3) is 0 Å². The Morgan fingerprint density at radius 2 is 1.19 bits per heavy atom. The van der Waals surface area contributed by atoms with Crippen molar-refractivity contribution in [2.45, 2.75) is 19.3 Å². The minimum absolute atomic E-state index is 0.588. The maximum atomic E-state index is 5.66. The van der Waals surface area contributed by atoms with Crippen molar-refractivity contribution in [1.29, 1.82) is 0 Å². The third-order valence-electron chi connectivity index (χ3n) is 3.99. The standard InChI is InChI=1S/C19H18N6O2/c1-14(26-24-18-12-5-3-10-16(18)20-22-24)8-7-9-15(2)27-25-19-13-6-4-11-17(19)21-23-25/h3-6,10-13H,1-2,7-9H2. The van der Waals surface area contributed by atoms with Gasteiger partial charge in [0.15, 0.2) is 0 Å². The Kier molecular flexibility index (Phi) is 4.52. The van der Waals surface area contributed by atoms with Gasteiger partial charge in [-0.3, -0.25) is 0 Å². The lowest BCUT2D eigenvalue weighted by atomic mass is 10.2. The van der Waals surface area contributed by atoms with Crippen molar-refractivity contribution in [3.05, 3.63) is 73.2 Å². The SMILES string of the molecule is C=C(CCCC(=C)On1nnc2ccccc21)On1nnc2ccccc21. The fraction of sp³-hybridized carbons (Fsp3) is 0.158. The van der Waals surface area contributed by atoms with E-state index >= 15 is 0 Å². The van der Waals surface area contributed by atoms with Crippen LogP contribution in [0.2, 0.25) is 0 Å². The molecule has 0 spiro atoms. The number of aromatic nitrogens is 6. The Hall–Kier alpha value is -3.68. The lowest BCUT2D eigenvalue weighted by Gasteiger charge is -2.09. The predicted octanol–water partition coefficient (Wildman–Crippen LogP) is 2.93. The summed E-state index contributed by atoms with van der Waals surface area (Å²) in [5.41, 5.74) is 3.13. The van der Waals surface area contributed by atoms with Crippen LogP contribution in [-0.2, 0) is 0 Å². The first-order valence-corrected chi connectivity index (χ1v) is 8.54. The average molecular weight is 362 g/mol. The molecular formula is C19H18N6O2. The highest BCUT2D eigenvalue weighted by molar-refractivity contribution is 5.74. The van der Waals surface area contributed by atoms with Gasteiger partial charge in [-0.1, -0.05) is 47.1 Å². The van der Waals surface area contributed by atoms with Gasteiger partial charge >= 0.3 is 0 Å². The molecular weight excluding hydrogens is 344 g/mol. The molecule has 0 saturated heterocycles.